The van der Waals surface area contributed by atoms with Crippen LogP contribution in [0.15, 0.2) is 45.1 Å². The van der Waals surface area contributed by atoms with E-state index in [2.05, 4.69) is 15.2 Å². The van der Waals surface area contributed by atoms with E-state index in [4.69, 9.17) is 16.1 Å². The van der Waals surface area contributed by atoms with Crippen molar-refractivity contribution in [3.05, 3.63) is 63.3 Å². The summed E-state index contributed by atoms with van der Waals surface area (Å²) >= 11 is 7.19. The van der Waals surface area contributed by atoms with E-state index in [1.165, 1.54) is 6.07 Å². The van der Waals surface area contributed by atoms with E-state index in [1.807, 2.05) is 0 Å². The molecule has 158 valence electrons. The summed E-state index contributed by atoms with van der Waals surface area (Å²) in [4.78, 5) is 12.4. The lowest BCUT2D eigenvalue weighted by Gasteiger charge is -2.06. The maximum Gasteiger partial charge on any atom is 0.250 e. The van der Waals surface area contributed by atoms with Gasteiger partial charge in [0.15, 0.2) is 5.76 Å². The third-order valence-corrected chi connectivity index (χ3v) is 7.46. The molecule has 3 aromatic rings. The number of rotatable bonds is 8. The van der Waals surface area contributed by atoms with Crippen molar-refractivity contribution in [2.75, 3.05) is 5.32 Å². The standard InChI is InChI=1S/C20H20ClN3O4S2/c1-3-18(25)23-20-13(2)24-28-17(20)10-8-15-9-11-19(29-15)30(26,27)22-12-14-6-4-5-7-16(14)21/h4-11,22H,3,12H2,1-2H3,(H,23,25)/b10-8+. The molecule has 2 N–H and O–H groups in total. The summed E-state index contributed by atoms with van der Waals surface area (Å²) in [5.41, 5.74) is 1.76. The van der Waals surface area contributed by atoms with Gasteiger partial charge >= 0.3 is 0 Å². The van der Waals surface area contributed by atoms with Gasteiger partial charge in [0.2, 0.25) is 15.9 Å². The van der Waals surface area contributed by atoms with Crippen LogP contribution in [0.5, 0.6) is 0 Å². The summed E-state index contributed by atoms with van der Waals surface area (Å²) in [5.74, 6) is 0.244. The van der Waals surface area contributed by atoms with Crippen LogP contribution in [0.4, 0.5) is 5.69 Å². The summed E-state index contributed by atoms with van der Waals surface area (Å²) in [6.07, 6.45) is 3.69. The minimum absolute atomic E-state index is 0.100. The number of carbonyl (C=O) groups is 1. The Morgan fingerprint density at radius 2 is 2.00 bits per heavy atom. The second kappa shape index (κ2) is 9.57. The second-order valence-corrected chi connectivity index (χ2v) is 9.83. The van der Waals surface area contributed by atoms with Crippen LogP contribution >= 0.6 is 22.9 Å². The molecule has 0 saturated heterocycles. The largest absolute Gasteiger partial charge is 0.354 e. The molecule has 0 aliphatic carbocycles. The number of halogens is 1. The van der Waals surface area contributed by atoms with Crippen molar-refractivity contribution in [2.24, 2.45) is 0 Å². The molecule has 0 aliphatic heterocycles. The first-order valence-electron chi connectivity index (χ1n) is 9.07. The molecule has 2 heterocycles. The molecule has 1 aromatic carbocycles. The van der Waals surface area contributed by atoms with Crippen LogP contribution in [0.25, 0.3) is 12.2 Å². The Balaban J connectivity index is 1.72. The van der Waals surface area contributed by atoms with Gasteiger partial charge in [-0.2, -0.15) is 0 Å². The van der Waals surface area contributed by atoms with E-state index in [9.17, 15) is 13.2 Å². The molecule has 7 nitrogen and oxygen atoms in total. The van der Waals surface area contributed by atoms with Crippen molar-refractivity contribution in [1.82, 2.24) is 9.88 Å². The summed E-state index contributed by atoms with van der Waals surface area (Å²) in [5, 5.41) is 7.12. The number of anilines is 1. The zero-order chi connectivity index (χ0) is 21.7. The molecule has 1 amide bonds. The fourth-order valence-electron chi connectivity index (χ4n) is 2.49. The minimum Gasteiger partial charge on any atom is -0.354 e. The van der Waals surface area contributed by atoms with E-state index < -0.39 is 10.0 Å². The quantitative estimate of drug-likeness (QED) is 0.502. The number of thiophene rings is 1. The number of hydrogen-bond acceptors (Lipinski definition) is 6. The van der Waals surface area contributed by atoms with Crippen molar-refractivity contribution < 1.29 is 17.7 Å². The molecule has 3 rings (SSSR count). The van der Waals surface area contributed by atoms with Gasteiger partial charge < -0.3 is 9.84 Å². The highest BCUT2D eigenvalue weighted by molar-refractivity contribution is 7.91. The van der Waals surface area contributed by atoms with Crippen LogP contribution in [0, 0.1) is 6.92 Å². The predicted molar refractivity (Wildman–Crippen MR) is 119 cm³/mol. The number of aromatic nitrogens is 1. The van der Waals surface area contributed by atoms with Crippen LogP contribution in [0.3, 0.4) is 0 Å². The third kappa shape index (κ3) is 5.37. The van der Waals surface area contributed by atoms with E-state index in [0.717, 1.165) is 11.3 Å². The molecule has 10 heteroatoms. The van der Waals surface area contributed by atoms with Gasteiger partial charge in [-0.25, -0.2) is 13.1 Å². The Labute approximate surface area is 183 Å². The summed E-state index contributed by atoms with van der Waals surface area (Å²) in [6.45, 7) is 3.58. The van der Waals surface area contributed by atoms with Gasteiger partial charge in [-0.05, 0) is 42.8 Å². The van der Waals surface area contributed by atoms with Gasteiger partial charge in [-0.3, -0.25) is 4.79 Å². The second-order valence-electron chi connectivity index (χ2n) is 6.32. The molecule has 0 spiro atoms. The smallest absolute Gasteiger partial charge is 0.250 e. The number of hydrogen-bond donors (Lipinski definition) is 2. The fraction of sp³-hybridized carbons (Fsp3) is 0.200. The number of aryl methyl sites for hydroxylation is 1. The van der Waals surface area contributed by atoms with Crippen molar-refractivity contribution >= 4 is 56.7 Å². The molecular weight excluding hydrogens is 446 g/mol. The van der Waals surface area contributed by atoms with Crippen molar-refractivity contribution in [3.8, 4) is 0 Å². The van der Waals surface area contributed by atoms with Crippen LogP contribution in [-0.2, 0) is 21.4 Å². The van der Waals surface area contributed by atoms with Gasteiger partial charge in [0.05, 0.1) is 0 Å². The van der Waals surface area contributed by atoms with Crippen LogP contribution in [0.2, 0.25) is 5.02 Å². The molecular formula is C20H20ClN3O4S2. The first-order valence-corrected chi connectivity index (χ1v) is 11.7. The zero-order valence-electron chi connectivity index (χ0n) is 16.3. The molecule has 2 aromatic heterocycles. The lowest BCUT2D eigenvalue weighted by molar-refractivity contribution is -0.115. The molecule has 30 heavy (non-hydrogen) atoms. The highest BCUT2D eigenvalue weighted by Crippen LogP contribution is 2.27. The van der Waals surface area contributed by atoms with Crippen molar-refractivity contribution in [2.45, 2.75) is 31.0 Å². The van der Waals surface area contributed by atoms with E-state index in [-0.39, 0.29) is 16.7 Å². The number of carbonyl (C=O) groups excluding carboxylic acids is 1. The van der Waals surface area contributed by atoms with Gasteiger partial charge in [-0.15, -0.1) is 11.3 Å². The summed E-state index contributed by atoms with van der Waals surface area (Å²) in [6, 6.07) is 10.3. The third-order valence-electron chi connectivity index (χ3n) is 4.15. The van der Waals surface area contributed by atoms with Gasteiger partial charge in [0.25, 0.3) is 0 Å². The first kappa shape index (κ1) is 22.2. The fourth-order valence-corrected chi connectivity index (χ4v) is 4.98. The number of nitrogens with zero attached hydrogens (tertiary/aromatic N) is 1. The predicted octanol–water partition coefficient (Wildman–Crippen LogP) is 4.70. The molecule has 0 fully saturated rings. The molecule has 0 saturated carbocycles. The summed E-state index contributed by atoms with van der Waals surface area (Å²) in [7, 11) is -3.68. The number of nitrogens with one attached hydrogen (secondary N) is 2. The SMILES string of the molecule is CCC(=O)Nc1c(C)noc1/C=C/c1ccc(S(=O)(=O)NCc2ccccc2Cl)s1. The first-order chi connectivity index (χ1) is 14.3. The lowest BCUT2D eigenvalue weighted by Crippen LogP contribution is -2.22. The zero-order valence-corrected chi connectivity index (χ0v) is 18.7. The Morgan fingerprint density at radius 3 is 2.73 bits per heavy atom. The van der Waals surface area contributed by atoms with Gasteiger partial charge in [-0.1, -0.05) is 41.9 Å². The molecule has 0 aliphatic rings. The maximum absolute atomic E-state index is 12.6. The highest BCUT2D eigenvalue weighted by Gasteiger charge is 2.17. The summed E-state index contributed by atoms with van der Waals surface area (Å²) < 4.78 is 33.1. The maximum atomic E-state index is 12.6. The van der Waals surface area contributed by atoms with Crippen molar-refractivity contribution in [1.29, 1.82) is 0 Å². The molecule has 0 radical (unpaired) electrons. The Morgan fingerprint density at radius 1 is 1.23 bits per heavy atom. The topological polar surface area (TPSA) is 101 Å². The van der Waals surface area contributed by atoms with Gasteiger partial charge in [0.1, 0.15) is 15.6 Å². The average molecular weight is 466 g/mol. The molecule has 0 atom stereocenters. The lowest BCUT2D eigenvalue weighted by atomic mass is 10.2. The van der Waals surface area contributed by atoms with E-state index in [0.29, 0.717) is 39.0 Å². The normalized spacial score (nSPS) is 11.8. The Bertz CT molecular complexity index is 1180. The monoisotopic (exact) mass is 465 g/mol. The van der Waals surface area contributed by atoms with Crippen LogP contribution in [-0.4, -0.2) is 19.5 Å². The highest BCUT2D eigenvalue weighted by atomic mass is 35.5. The Kier molecular flexibility index (Phi) is 7.09. The van der Waals surface area contributed by atoms with E-state index >= 15 is 0 Å². The van der Waals surface area contributed by atoms with Gasteiger partial charge in [0, 0.05) is 22.9 Å². The Hall–Kier alpha value is -2.46. The average Bonchev–Trinajstić information content (AvgIpc) is 3.34. The van der Waals surface area contributed by atoms with Crippen molar-refractivity contribution in [3.63, 3.8) is 0 Å². The minimum atomic E-state index is -3.68. The number of benzene rings is 1. The number of amides is 1. The van der Waals surface area contributed by atoms with E-state index in [1.54, 1.807) is 56.3 Å². The van der Waals surface area contributed by atoms with Crippen LogP contribution < -0.4 is 10.0 Å². The molecule has 0 unspecified atom stereocenters. The number of sulfonamides is 1. The molecule has 0 bridgehead atoms. The van der Waals surface area contributed by atoms with Crippen LogP contribution in [0.1, 0.15) is 35.2 Å².